The molecule has 8 heteroatoms. The zero-order valence-electron chi connectivity index (χ0n) is 16.7. The molecule has 1 atom stereocenters. The van der Waals surface area contributed by atoms with Crippen molar-refractivity contribution in [1.82, 2.24) is 19.9 Å². The minimum atomic E-state index is -0.108. The van der Waals surface area contributed by atoms with Gasteiger partial charge in [-0.2, -0.15) is 0 Å². The van der Waals surface area contributed by atoms with Gasteiger partial charge in [-0.3, -0.25) is 4.79 Å². The van der Waals surface area contributed by atoms with E-state index < -0.39 is 0 Å². The molecule has 156 valence electrons. The Balaban J connectivity index is 1.37. The lowest BCUT2D eigenvalue weighted by Gasteiger charge is -2.21. The molecule has 0 bridgehead atoms. The molecule has 2 saturated heterocycles. The molecule has 4 heterocycles. The highest BCUT2D eigenvalue weighted by Crippen LogP contribution is 2.34. The smallest absolute Gasteiger partial charge is 0.255 e. The zero-order chi connectivity index (χ0) is 20.7. The molecular weight excluding hydrogens is 382 g/mol. The number of rotatable bonds is 3. The fourth-order valence-corrected chi connectivity index (χ4v) is 4.54. The van der Waals surface area contributed by atoms with Gasteiger partial charge in [0.25, 0.3) is 5.91 Å². The number of phenols is 1. The molecule has 5 rings (SSSR count). The number of aromatic hydroxyl groups is 1. The molecule has 4 N–H and O–H groups in total. The molecular formula is C22H25N5O3. The van der Waals surface area contributed by atoms with Gasteiger partial charge in [0, 0.05) is 61.7 Å². The number of fused-ring (bicyclic) bond motifs is 1. The third-order valence-electron chi connectivity index (χ3n) is 6.25. The second kappa shape index (κ2) is 7.60. The van der Waals surface area contributed by atoms with Crippen LogP contribution < -0.4 is 5.73 Å². The first-order chi connectivity index (χ1) is 14.6. The molecule has 2 aliphatic heterocycles. The first-order valence-electron chi connectivity index (χ1n) is 10.4. The molecule has 8 nitrogen and oxygen atoms in total. The van der Waals surface area contributed by atoms with Crippen LogP contribution in [0.3, 0.4) is 0 Å². The third kappa shape index (κ3) is 3.37. The van der Waals surface area contributed by atoms with Crippen LogP contribution >= 0.6 is 0 Å². The molecule has 0 saturated carbocycles. The van der Waals surface area contributed by atoms with Gasteiger partial charge in [-0.25, -0.2) is 9.97 Å². The molecule has 0 radical (unpaired) electrons. The maximum Gasteiger partial charge on any atom is 0.255 e. The van der Waals surface area contributed by atoms with Gasteiger partial charge in [-0.05, 0) is 31.4 Å². The van der Waals surface area contributed by atoms with Gasteiger partial charge < -0.3 is 25.5 Å². The summed E-state index contributed by atoms with van der Waals surface area (Å²) in [4.78, 5) is 27.5. The Morgan fingerprint density at radius 3 is 2.87 bits per heavy atom. The van der Waals surface area contributed by atoms with Crippen molar-refractivity contribution < 1.29 is 14.6 Å². The quantitative estimate of drug-likeness (QED) is 0.575. The molecule has 3 aromatic rings. The summed E-state index contributed by atoms with van der Waals surface area (Å²) in [6.07, 6.45) is 6.65. The number of nitrogen functional groups attached to an aromatic ring is 1. The summed E-state index contributed by atoms with van der Waals surface area (Å²) in [5, 5.41) is 9.54. The van der Waals surface area contributed by atoms with Crippen LogP contribution in [0, 0.1) is 0 Å². The topological polar surface area (TPSA) is 117 Å². The number of likely N-dealkylation sites (tertiary alicyclic amines) is 1. The minimum Gasteiger partial charge on any atom is -0.508 e. The van der Waals surface area contributed by atoms with Crippen molar-refractivity contribution in [3.8, 4) is 5.75 Å². The van der Waals surface area contributed by atoms with Gasteiger partial charge in [0.05, 0.1) is 17.5 Å². The fraction of sp³-hybridized carbons (Fsp3) is 0.409. The van der Waals surface area contributed by atoms with Crippen LogP contribution in [0.2, 0.25) is 0 Å². The molecule has 1 unspecified atom stereocenters. The number of nitrogens with zero attached hydrogens (tertiary/aromatic N) is 3. The number of H-pyrrole nitrogens is 1. The van der Waals surface area contributed by atoms with E-state index in [2.05, 4.69) is 9.97 Å². The van der Waals surface area contributed by atoms with Crippen LogP contribution in [-0.4, -0.2) is 57.2 Å². The van der Waals surface area contributed by atoms with Crippen molar-refractivity contribution in [2.75, 3.05) is 32.0 Å². The van der Waals surface area contributed by atoms with Crippen molar-refractivity contribution in [1.29, 1.82) is 0 Å². The molecule has 30 heavy (non-hydrogen) atoms. The van der Waals surface area contributed by atoms with Crippen molar-refractivity contribution in [2.45, 2.75) is 31.1 Å². The molecule has 2 aromatic heterocycles. The van der Waals surface area contributed by atoms with Gasteiger partial charge >= 0.3 is 0 Å². The standard InChI is InChI=1S/C22H25N5O3/c23-18-9-15(28)1-2-16(18)22(29)27-6-3-14(12-27)17-10-24-21-20(17)26-19(11-25-21)13-4-7-30-8-5-13/h1-2,9-11,13-14,28H,3-8,12,23H2,(H,24,25). The molecule has 1 amide bonds. The van der Waals surface area contributed by atoms with E-state index >= 15 is 0 Å². The SMILES string of the molecule is Nc1cc(O)ccc1C(=O)N1CCC(c2c[nH]c3ncc(C4CCOCC4)nc23)C1. The summed E-state index contributed by atoms with van der Waals surface area (Å²) in [5.74, 6) is 0.530. The number of hydrogen-bond donors (Lipinski definition) is 3. The number of aromatic amines is 1. The Morgan fingerprint density at radius 2 is 2.07 bits per heavy atom. The second-order valence-corrected chi connectivity index (χ2v) is 8.13. The van der Waals surface area contributed by atoms with Crippen LogP contribution in [0.25, 0.3) is 11.2 Å². The van der Waals surface area contributed by atoms with Crippen molar-refractivity contribution in [3.05, 3.63) is 47.4 Å². The average molecular weight is 407 g/mol. The highest BCUT2D eigenvalue weighted by Gasteiger charge is 2.31. The normalized spacial score (nSPS) is 20.1. The minimum absolute atomic E-state index is 0.0565. The van der Waals surface area contributed by atoms with Crippen molar-refractivity contribution in [3.63, 3.8) is 0 Å². The predicted molar refractivity (Wildman–Crippen MR) is 112 cm³/mol. The summed E-state index contributed by atoms with van der Waals surface area (Å²) in [7, 11) is 0. The number of carbonyl (C=O) groups excluding carboxylic acids is 1. The maximum absolute atomic E-state index is 12.9. The molecule has 1 aromatic carbocycles. The highest BCUT2D eigenvalue weighted by molar-refractivity contribution is 5.99. The van der Waals surface area contributed by atoms with Crippen molar-refractivity contribution in [2.24, 2.45) is 0 Å². The first-order valence-corrected chi connectivity index (χ1v) is 10.4. The lowest BCUT2D eigenvalue weighted by atomic mass is 9.96. The van der Waals surface area contributed by atoms with Gasteiger partial charge in [0.2, 0.25) is 0 Å². The number of ether oxygens (including phenoxy) is 1. The largest absolute Gasteiger partial charge is 0.508 e. The number of phenolic OH excluding ortho intramolecular Hbond substituents is 1. The van der Waals surface area contributed by atoms with E-state index in [1.54, 1.807) is 6.07 Å². The third-order valence-corrected chi connectivity index (χ3v) is 6.25. The lowest BCUT2D eigenvalue weighted by Crippen LogP contribution is -2.29. The fourth-order valence-electron chi connectivity index (χ4n) is 4.54. The second-order valence-electron chi connectivity index (χ2n) is 8.13. The van der Waals surface area contributed by atoms with E-state index in [0.717, 1.165) is 54.9 Å². The Labute approximate surface area is 174 Å². The first kappa shape index (κ1) is 18.9. The van der Waals surface area contributed by atoms with E-state index in [1.807, 2.05) is 17.3 Å². The van der Waals surface area contributed by atoms with Crippen molar-refractivity contribution >= 4 is 22.8 Å². The van der Waals surface area contributed by atoms with Gasteiger partial charge in [-0.15, -0.1) is 0 Å². The van der Waals surface area contributed by atoms with Crippen LogP contribution in [0.5, 0.6) is 5.75 Å². The molecule has 0 spiro atoms. The molecule has 2 aliphatic rings. The highest BCUT2D eigenvalue weighted by atomic mass is 16.5. The van der Waals surface area contributed by atoms with Crippen LogP contribution in [-0.2, 0) is 4.74 Å². The van der Waals surface area contributed by atoms with E-state index in [4.69, 9.17) is 15.5 Å². The number of amides is 1. The van der Waals surface area contributed by atoms with Crippen LogP contribution in [0.4, 0.5) is 5.69 Å². The zero-order valence-corrected chi connectivity index (χ0v) is 16.7. The number of hydrogen-bond acceptors (Lipinski definition) is 6. The summed E-state index contributed by atoms with van der Waals surface area (Å²) in [5.41, 5.74) is 10.5. The van der Waals surface area contributed by atoms with E-state index in [1.165, 1.54) is 12.1 Å². The van der Waals surface area contributed by atoms with Crippen LogP contribution in [0.15, 0.2) is 30.6 Å². The van der Waals surface area contributed by atoms with E-state index in [-0.39, 0.29) is 17.6 Å². The van der Waals surface area contributed by atoms with E-state index in [9.17, 15) is 9.90 Å². The lowest BCUT2D eigenvalue weighted by molar-refractivity contribution is 0.0792. The summed E-state index contributed by atoms with van der Waals surface area (Å²) < 4.78 is 5.47. The molecule has 0 aliphatic carbocycles. The predicted octanol–water partition coefficient (Wildman–Crippen LogP) is 2.77. The number of aromatic nitrogens is 3. The summed E-state index contributed by atoms with van der Waals surface area (Å²) in [6, 6.07) is 4.48. The van der Waals surface area contributed by atoms with Gasteiger partial charge in [0.1, 0.15) is 11.3 Å². The monoisotopic (exact) mass is 407 g/mol. The summed E-state index contributed by atoms with van der Waals surface area (Å²) >= 11 is 0. The van der Waals surface area contributed by atoms with E-state index in [0.29, 0.717) is 30.3 Å². The Bertz CT molecular complexity index is 1090. The number of nitrogens with two attached hydrogens (primary N) is 1. The Kier molecular flexibility index (Phi) is 4.78. The van der Waals surface area contributed by atoms with Crippen LogP contribution in [0.1, 0.15) is 52.7 Å². The molecule has 2 fully saturated rings. The number of nitrogens with one attached hydrogen (secondary N) is 1. The number of carbonyl (C=O) groups is 1. The summed E-state index contributed by atoms with van der Waals surface area (Å²) in [6.45, 7) is 2.80. The van der Waals surface area contributed by atoms with Gasteiger partial charge in [-0.1, -0.05) is 0 Å². The number of benzene rings is 1. The Morgan fingerprint density at radius 1 is 1.23 bits per heavy atom. The Hall–Kier alpha value is -3.13. The number of anilines is 1. The maximum atomic E-state index is 12.9. The average Bonchev–Trinajstić information content (AvgIpc) is 3.40. The van der Waals surface area contributed by atoms with Gasteiger partial charge in [0.15, 0.2) is 5.65 Å².